The normalized spacial score (nSPS) is 25.2. The quantitative estimate of drug-likeness (QED) is 0.743. The van der Waals surface area contributed by atoms with Crippen LogP contribution in [-0.4, -0.2) is 54.4 Å². The molecule has 0 amide bonds. The number of fused-ring (bicyclic) bond motifs is 2. The van der Waals surface area contributed by atoms with E-state index in [-0.39, 0.29) is 18.0 Å². The standard InChI is InChI=1S/C24H30N2O3/c1-15(2)26-14-16-12-22-20(19-5-4-6-21(26)23(16)19)11-17(13-25(22)3)24(27)29-18-7-9-28-10-8-18/h4-6,11,14-15,17-18,22H,7-10,12-13H2,1-3H3/t17-,22-/m1/s1. The number of rotatable bonds is 3. The predicted octanol–water partition coefficient (Wildman–Crippen LogP) is 3.81. The molecule has 0 radical (unpaired) electrons. The number of likely N-dealkylation sites (N-methyl/N-ethyl adjacent to an activating group) is 1. The average Bonchev–Trinajstić information content (AvgIpc) is 3.10. The zero-order chi connectivity index (χ0) is 20.1. The molecule has 0 unspecified atom stereocenters. The van der Waals surface area contributed by atoms with E-state index in [2.05, 4.69) is 60.8 Å². The molecule has 1 aromatic carbocycles. The minimum atomic E-state index is -0.210. The smallest absolute Gasteiger partial charge is 0.314 e. The van der Waals surface area contributed by atoms with E-state index in [1.807, 2.05) is 0 Å². The third-order valence-electron chi connectivity index (χ3n) is 6.73. The molecule has 0 saturated carbocycles. The van der Waals surface area contributed by atoms with Gasteiger partial charge in [0, 0.05) is 48.6 Å². The van der Waals surface area contributed by atoms with Gasteiger partial charge in [-0.2, -0.15) is 0 Å². The molecule has 1 aromatic heterocycles. The van der Waals surface area contributed by atoms with Crippen LogP contribution in [0.2, 0.25) is 0 Å². The first-order valence-corrected chi connectivity index (χ1v) is 10.9. The Morgan fingerprint density at radius 2 is 2.03 bits per heavy atom. The number of esters is 1. The van der Waals surface area contributed by atoms with Crippen LogP contribution in [0.3, 0.4) is 0 Å². The first-order valence-electron chi connectivity index (χ1n) is 10.9. The lowest BCUT2D eigenvalue weighted by molar-refractivity contribution is -0.157. The van der Waals surface area contributed by atoms with Gasteiger partial charge in [0.25, 0.3) is 0 Å². The number of benzene rings is 1. The first kappa shape index (κ1) is 18.9. The number of aromatic nitrogens is 1. The lowest BCUT2D eigenvalue weighted by Gasteiger charge is -2.39. The molecule has 154 valence electrons. The van der Waals surface area contributed by atoms with Crippen molar-refractivity contribution >= 4 is 22.4 Å². The van der Waals surface area contributed by atoms with Crippen molar-refractivity contribution < 1.29 is 14.3 Å². The van der Waals surface area contributed by atoms with Crippen molar-refractivity contribution in [3.8, 4) is 0 Å². The molecule has 5 nitrogen and oxygen atoms in total. The van der Waals surface area contributed by atoms with Gasteiger partial charge < -0.3 is 14.0 Å². The summed E-state index contributed by atoms with van der Waals surface area (Å²) in [6, 6.07) is 7.33. The Balaban J connectivity index is 1.51. The molecule has 1 saturated heterocycles. The fourth-order valence-corrected chi connectivity index (χ4v) is 5.20. The number of hydrogen-bond donors (Lipinski definition) is 0. The maximum absolute atomic E-state index is 12.9. The van der Waals surface area contributed by atoms with E-state index in [1.54, 1.807) is 0 Å². The number of ether oxygens (including phenoxy) is 2. The highest BCUT2D eigenvalue weighted by atomic mass is 16.6. The number of carbonyl (C=O) groups is 1. The third kappa shape index (κ3) is 3.21. The van der Waals surface area contributed by atoms with Crippen molar-refractivity contribution in [3.05, 3.63) is 41.6 Å². The second kappa shape index (κ2) is 7.29. The highest BCUT2D eigenvalue weighted by molar-refractivity contribution is 5.99. The Labute approximate surface area is 172 Å². The molecule has 2 aromatic rings. The highest BCUT2D eigenvalue weighted by Crippen LogP contribution is 2.42. The van der Waals surface area contributed by atoms with Crippen molar-refractivity contribution in [2.75, 3.05) is 26.8 Å². The van der Waals surface area contributed by atoms with Crippen LogP contribution in [0.4, 0.5) is 0 Å². The van der Waals surface area contributed by atoms with Gasteiger partial charge in [0.1, 0.15) is 6.10 Å². The van der Waals surface area contributed by atoms with Gasteiger partial charge in [0.2, 0.25) is 0 Å². The lowest BCUT2D eigenvalue weighted by atomic mass is 9.80. The molecule has 29 heavy (non-hydrogen) atoms. The summed E-state index contributed by atoms with van der Waals surface area (Å²) in [4.78, 5) is 15.3. The van der Waals surface area contributed by atoms with Gasteiger partial charge in [0.05, 0.1) is 19.1 Å². The maximum atomic E-state index is 12.9. The van der Waals surface area contributed by atoms with E-state index in [0.717, 1.165) is 19.3 Å². The fourth-order valence-electron chi connectivity index (χ4n) is 5.20. The van der Waals surface area contributed by atoms with E-state index < -0.39 is 0 Å². The Kier molecular flexibility index (Phi) is 4.75. The van der Waals surface area contributed by atoms with Crippen molar-refractivity contribution in [1.29, 1.82) is 0 Å². The lowest BCUT2D eigenvalue weighted by Crippen LogP contribution is -2.45. The summed E-state index contributed by atoms with van der Waals surface area (Å²) in [6.07, 6.45) is 7.12. The van der Waals surface area contributed by atoms with Gasteiger partial charge in [-0.25, -0.2) is 0 Å². The van der Waals surface area contributed by atoms with Gasteiger partial charge >= 0.3 is 5.97 Å². The molecule has 2 atom stereocenters. The number of hydrogen-bond acceptors (Lipinski definition) is 4. The van der Waals surface area contributed by atoms with E-state index in [0.29, 0.717) is 31.8 Å². The Morgan fingerprint density at radius 3 is 2.79 bits per heavy atom. The fraction of sp³-hybridized carbons (Fsp3) is 0.542. The molecule has 1 fully saturated rings. The summed E-state index contributed by atoms with van der Waals surface area (Å²) in [5, 5.41) is 1.36. The average molecular weight is 395 g/mol. The largest absolute Gasteiger partial charge is 0.462 e. The Morgan fingerprint density at radius 1 is 1.24 bits per heavy atom. The van der Waals surface area contributed by atoms with Crippen LogP contribution < -0.4 is 0 Å². The molecule has 5 rings (SSSR count). The Bertz CT molecular complexity index is 968. The summed E-state index contributed by atoms with van der Waals surface area (Å²) in [5.74, 6) is -0.300. The van der Waals surface area contributed by atoms with E-state index >= 15 is 0 Å². The maximum Gasteiger partial charge on any atom is 0.314 e. The molecular formula is C24H30N2O3. The zero-order valence-electron chi connectivity index (χ0n) is 17.6. The van der Waals surface area contributed by atoms with Crippen LogP contribution >= 0.6 is 0 Å². The van der Waals surface area contributed by atoms with Crippen LogP contribution in [0.5, 0.6) is 0 Å². The molecule has 0 spiro atoms. The van der Waals surface area contributed by atoms with Crippen LogP contribution in [0.1, 0.15) is 43.9 Å². The highest BCUT2D eigenvalue weighted by Gasteiger charge is 2.37. The molecule has 5 heteroatoms. The van der Waals surface area contributed by atoms with Crippen molar-refractivity contribution in [3.63, 3.8) is 0 Å². The molecular weight excluding hydrogens is 364 g/mol. The predicted molar refractivity (Wildman–Crippen MR) is 114 cm³/mol. The topological polar surface area (TPSA) is 43.7 Å². The molecule has 0 bridgehead atoms. The zero-order valence-corrected chi connectivity index (χ0v) is 17.6. The van der Waals surface area contributed by atoms with Gasteiger partial charge in [-0.15, -0.1) is 0 Å². The molecule has 0 N–H and O–H groups in total. The minimum absolute atomic E-state index is 0.000793. The third-order valence-corrected chi connectivity index (χ3v) is 6.73. The molecule has 2 aliphatic heterocycles. The van der Waals surface area contributed by atoms with Gasteiger partial charge in [-0.05, 0) is 50.1 Å². The van der Waals surface area contributed by atoms with Crippen LogP contribution in [0, 0.1) is 5.92 Å². The van der Waals surface area contributed by atoms with Gasteiger partial charge in [-0.1, -0.05) is 18.2 Å². The molecule has 3 aliphatic rings. The van der Waals surface area contributed by atoms with E-state index in [4.69, 9.17) is 9.47 Å². The van der Waals surface area contributed by atoms with Crippen LogP contribution in [0.15, 0.2) is 30.5 Å². The van der Waals surface area contributed by atoms with Crippen molar-refractivity contribution in [1.82, 2.24) is 9.47 Å². The van der Waals surface area contributed by atoms with E-state index in [9.17, 15) is 4.79 Å². The SMILES string of the molecule is CC(C)n1cc2c3c(cccc31)C1=C[C@@H](C(=O)OC3CCOCC3)CN(C)[C@@H]1C2. The van der Waals surface area contributed by atoms with Gasteiger partial charge in [-0.3, -0.25) is 9.69 Å². The summed E-state index contributed by atoms with van der Waals surface area (Å²) >= 11 is 0. The summed E-state index contributed by atoms with van der Waals surface area (Å²) in [5.41, 5.74) is 5.28. The van der Waals surface area contributed by atoms with Crippen molar-refractivity contribution in [2.45, 2.75) is 51.3 Å². The second-order valence-corrected chi connectivity index (χ2v) is 8.99. The van der Waals surface area contributed by atoms with Crippen LogP contribution in [0.25, 0.3) is 16.5 Å². The number of nitrogens with zero attached hydrogens (tertiary/aromatic N) is 2. The molecule has 1 aliphatic carbocycles. The summed E-state index contributed by atoms with van der Waals surface area (Å²) in [7, 11) is 2.14. The van der Waals surface area contributed by atoms with Crippen LogP contribution in [-0.2, 0) is 20.7 Å². The summed E-state index contributed by atoms with van der Waals surface area (Å²) < 4.78 is 13.6. The minimum Gasteiger partial charge on any atom is -0.462 e. The Hall–Kier alpha value is -2.11. The molecule has 3 heterocycles. The van der Waals surface area contributed by atoms with E-state index in [1.165, 1.54) is 27.6 Å². The summed E-state index contributed by atoms with van der Waals surface area (Å²) in [6.45, 7) is 6.54. The van der Waals surface area contributed by atoms with Gasteiger partial charge in [0.15, 0.2) is 0 Å². The first-order chi connectivity index (χ1) is 14.0. The number of carbonyl (C=O) groups excluding carboxylic acids is 1. The monoisotopic (exact) mass is 394 g/mol. The second-order valence-electron chi connectivity index (χ2n) is 8.99. The van der Waals surface area contributed by atoms with Crippen molar-refractivity contribution in [2.24, 2.45) is 5.92 Å².